The predicted octanol–water partition coefficient (Wildman–Crippen LogP) is 8.61. The monoisotopic (exact) mass is 628 g/mol. The Balaban J connectivity index is 1.33. The molecular formula is C38H41FO7. The number of carboxylic acid groups (broad SMARTS) is 2. The molecule has 0 radical (unpaired) electrons. The van der Waals surface area contributed by atoms with Gasteiger partial charge >= 0.3 is 11.9 Å². The molecule has 0 unspecified atom stereocenters. The summed E-state index contributed by atoms with van der Waals surface area (Å²) in [6.45, 7) is 0.822. The molecule has 0 aromatic heterocycles. The van der Waals surface area contributed by atoms with Gasteiger partial charge in [0.15, 0.2) is 0 Å². The molecule has 0 fully saturated rings. The van der Waals surface area contributed by atoms with E-state index in [9.17, 15) is 19.1 Å². The average molecular weight is 629 g/mol. The third-order valence-corrected chi connectivity index (χ3v) is 7.73. The van der Waals surface area contributed by atoms with Crippen LogP contribution in [0.1, 0.15) is 56.1 Å². The van der Waals surface area contributed by atoms with E-state index in [1.54, 1.807) is 19.2 Å². The molecule has 242 valence electrons. The number of benzene rings is 4. The first kappa shape index (κ1) is 34.0. The number of carbonyl (C=O) groups is 2. The summed E-state index contributed by atoms with van der Waals surface area (Å²) < 4.78 is 31.0. The van der Waals surface area contributed by atoms with Crippen molar-refractivity contribution in [1.29, 1.82) is 0 Å². The fourth-order valence-electron chi connectivity index (χ4n) is 5.30. The Morgan fingerprint density at radius 2 is 1.26 bits per heavy atom. The maximum Gasteiger partial charge on any atom is 0.303 e. The zero-order valence-electron chi connectivity index (χ0n) is 26.2. The van der Waals surface area contributed by atoms with Crippen LogP contribution in [0.4, 0.5) is 4.39 Å². The minimum atomic E-state index is -0.870. The maximum atomic E-state index is 13.6. The highest BCUT2D eigenvalue weighted by molar-refractivity contribution is 5.75. The van der Waals surface area contributed by atoms with Crippen molar-refractivity contribution >= 4 is 11.9 Å². The third kappa shape index (κ3) is 10.6. The molecule has 0 aliphatic carbocycles. The first-order valence-corrected chi connectivity index (χ1v) is 15.7. The first-order chi connectivity index (χ1) is 22.3. The van der Waals surface area contributed by atoms with E-state index in [1.807, 2.05) is 54.6 Å². The Kier molecular flexibility index (Phi) is 13.0. The first-order valence-electron chi connectivity index (χ1n) is 15.7. The minimum absolute atomic E-state index is 0.00236. The molecule has 0 atom stereocenters. The van der Waals surface area contributed by atoms with Gasteiger partial charge in [0.1, 0.15) is 23.1 Å². The number of carboxylic acids is 2. The lowest BCUT2D eigenvalue weighted by molar-refractivity contribution is -0.138. The number of hydrogen-bond donors (Lipinski definition) is 2. The van der Waals surface area contributed by atoms with E-state index in [1.165, 1.54) is 12.1 Å². The van der Waals surface area contributed by atoms with E-state index < -0.39 is 11.9 Å². The highest BCUT2D eigenvalue weighted by atomic mass is 19.1. The summed E-state index contributed by atoms with van der Waals surface area (Å²) in [5, 5.41) is 18.1. The Morgan fingerprint density at radius 3 is 1.91 bits per heavy atom. The van der Waals surface area contributed by atoms with Crippen molar-refractivity contribution in [3.8, 4) is 39.5 Å². The van der Waals surface area contributed by atoms with Crippen LogP contribution in [-0.2, 0) is 22.4 Å². The predicted molar refractivity (Wildman–Crippen MR) is 176 cm³/mol. The van der Waals surface area contributed by atoms with Crippen molar-refractivity contribution in [2.75, 3.05) is 20.3 Å². The van der Waals surface area contributed by atoms with Gasteiger partial charge < -0.3 is 24.4 Å². The van der Waals surface area contributed by atoms with Crippen LogP contribution in [-0.4, -0.2) is 42.5 Å². The molecule has 0 saturated carbocycles. The van der Waals surface area contributed by atoms with Crippen molar-refractivity contribution in [3.63, 3.8) is 0 Å². The molecule has 0 bridgehead atoms. The summed E-state index contributed by atoms with van der Waals surface area (Å²) in [7, 11) is 1.64. The minimum Gasteiger partial charge on any atom is -0.497 e. The molecule has 8 heteroatoms. The van der Waals surface area contributed by atoms with E-state index in [2.05, 4.69) is 6.07 Å². The van der Waals surface area contributed by atoms with E-state index in [-0.39, 0.29) is 25.3 Å². The Bertz CT molecular complexity index is 1570. The van der Waals surface area contributed by atoms with E-state index >= 15 is 0 Å². The molecule has 0 heterocycles. The molecule has 0 spiro atoms. The molecule has 0 saturated heterocycles. The van der Waals surface area contributed by atoms with Gasteiger partial charge in [-0.15, -0.1) is 0 Å². The second kappa shape index (κ2) is 17.6. The summed E-state index contributed by atoms with van der Waals surface area (Å²) in [6, 6.07) is 26.1. The molecule has 4 aromatic rings. The lowest BCUT2D eigenvalue weighted by atomic mass is 9.97. The fraction of sp³-hybridized carbons (Fsp3) is 0.316. The lowest BCUT2D eigenvalue weighted by Crippen LogP contribution is -2.07. The van der Waals surface area contributed by atoms with Crippen molar-refractivity contribution in [2.24, 2.45) is 0 Å². The standard InChI is InChI=1S/C38H41FO7/c1-44-33-18-14-28(15-19-33)31-24-30(27-12-16-32(39)17-13-27)25-34(26-31)45-22-5-3-2-4-8-29-9-6-10-36(35(29)20-21-38(42)43)46-23-7-11-37(40)41/h6,9-10,12-19,24-26H,2-5,7-8,11,20-23H2,1H3,(H,40,41)(H,42,43). The van der Waals surface area contributed by atoms with Crippen molar-refractivity contribution < 1.29 is 38.4 Å². The number of aliphatic carboxylic acids is 2. The zero-order chi connectivity index (χ0) is 32.7. The highest BCUT2D eigenvalue weighted by Crippen LogP contribution is 2.33. The summed E-state index contributed by atoms with van der Waals surface area (Å²) in [5.41, 5.74) is 5.81. The van der Waals surface area contributed by atoms with E-state index in [4.69, 9.17) is 19.3 Å². The maximum absolute atomic E-state index is 13.6. The van der Waals surface area contributed by atoms with Crippen LogP contribution in [0, 0.1) is 5.82 Å². The number of rotatable bonds is 19. The number of hydrogen-bond acceptors (Lipinski definition) is 5. The van der Waals surface area contributed by atoms with Gasteiger partial charge in [0.05, 0.1) is 20.3 Å². The van der Waals surface area contributed by atoms with Crippen molar-refractivity contribution in [3.05, 3.63) is 102 Å². The second-order valence-electron chi connectivity index (χ2n) is 11.1. The SMILES string of the molecule is COc1ccc(-c2cc(OCCCCCCc3cccc(OCCCC(=O)O)c3CCC(=O)O)cc(-c3ccc(F)cc3)c2)cc1. The molecular weight excluding hydrogens is 587 g/mol. The number of ether oxygens (including phenoxy) is 3. The zero-order valence-corrected chi connectivity index (χ0v) is 26.2. The van der Waals surface area contributed by atoms with Crippen LogP contribution in [0.2, 0.25) is 0 Å². The van der Waals surface area contributed by atoms with Crippen LogP contribution in [0.3, 0.4) is 0 Å². The molecule has 4 rings (SSSR count). The van der Waals surface area contributed by atoms with Gasteiger partial charge in [0.2, 0.25) is 0 Å². The topological polar surface area (TPSA) is 102 Å². The van der Waals surface area contributed by atoms with Gasteiger partial charge in [-0.2, -0.15) is 0 Å². The summed E-state index contributed by atoms with van der Waals surface area (Å²) in [6.07, 6.45) is 5.34. The summed E-state index contributed by atoms with van der Waals surface area (Å²) in [4.78, 5) is 22.1. The summed E-state index contributed by atoms with van der Waals surface area (Å²) in [5.74, 6) is 0.138. The Labute approximate surface area is 269 Å². The molecule has 0 aliphatic rings. The normalized spacial score (nSPS) is 10.8. The second-order valence-corrected chi connectivity index (χ2v) is 11.1. The van der Waals surface area contributed by atoms with Gasteiger partial charge in [-0.05, 0) is 114 Å². The quantitative estimate of drug-likeness (QED) is 0.100. The van der Waals surface area contributed by atoms with Gasteiger partial charge in [-0.1, -0.05) is 49.2 Å². The third-order valence-electron chi connectivity index (χ3n) is 7.73. The van der Waals surface area contributed by atoms with Gasteiger partial charge in [0.25, 0.3) is 0 Å². The molecule has 46 heavy (non-hydrogen) atoms. The van der Waals surface area contributed by atoms with Crippen LogP contribution >= 0.6 is 0 Å². The van der Waals surface area contributed by atoms with E-state index in [0.29, 0.717) is 25.2 Å². The number of aryl methyl sites for hydroxylation is 1. The highest BCUT2D eigenvalue weighted by Gasteiger charge is 2.13. The largest absolute Gasteiger partial charge is 0.497 e. The van der Waals surface area contributed by atoms with E-state index in [0.717, 1.165) is 77.0 Å². The van der Waals surface area contributed by atoms with Crippen molar-refractivity contribution in [2.45, 2.75) is 57.8 Å². The van der Waals surface area contributed by atoms with Crippen LogP contribution in [0.15, 0.2) is 84.9 Å². The fourth-order valence-corrected chi connectivity index (χ4v) is 5.30. The molecule has 4 aromatic carbocycles. The average Bonchev–Trinajstić information content (AvgIpc) is 3.05. The molecule has 0 amide bonds. The molecule has 2 N–H and O–H groups in total. The van der Waals surface area contributed by atoms with Gasteiger partial charge in [0, 0.05) is 12.8 Å². The molecule has 0 aliphatic heterocycles. The van der Waals surface area contributed by atoms with Gasteiger partial charge in [-0.25, -0.2) is 4.39 Å². The number of methoxy groups -OCH3 is 1. The van der Waals surface area contributed by atoms with Gasteiger partial charge in [-0.3, -0.25) is 9.59 Å². The Hall–Kier alpha value is -4.85. The van der Waals surface area contributed by atoms with Crippen LogP contribution < -0.4 is 14.2 Å². The number of halogens is 1. The summed E-state index contributed by atoms with van der Waals surface area (Å²) >= 11 is 0. The smallest absolute Gasteiger partial charge is 0.303 e. The Morgan fingerprint density at radius 1 is 0.630 bits per heavy atom. The lowest BCUT2D eigenvalue weighted by Gasteiger charge is -2.15. The molecule has 7 nitrogen and oxygen atoms in total. The van der Waals surface area contributed by atoms with Crippen molar-refractivity contribution in [1.82, 2.24) is 0 Å². The van der Waals surface area contributed by atoms with Crippen LogP contribution in [0.5, 0.6) is 17.2 Å². The van der Waals surface area contributed by atoms with Crippen LogP contribution in [0.25, 0.3) is 22.3 Å². The number of unbranched alkanes of at least 4 members (excludes halogenated alkanes) is 3.